The molecule has 1 heterocycles. The first kappa shape index (κ1) is 9.79. The van der Waals surface area contributed by atoms with Gasteiger partial charge in [-0.3, -0.25) is 0 Å². The molecule has 1 aromatic carbocycles. The Morgan fingerprint density at radius 1 is 1.20 bits per heavy atom. The van der Waals surface area contributed by atoms with E-state index in [0.29, 0.717) is 5.56 Å². The Morgan fingerprint density at radius 3 is 2.53 bits per heavy atom. The molecule has 0 fully saturated rings. The quantitative estimate of drug-likeness (QED) is 0.650. The van der Waals surface area contributed by atoms with E-state index in [0.717, 1.165) is 16.5 Å². The molecule has 76 valence electrons. The van der Waals surface area contributed by atoms with Crippen molar-refractivity contribution in [3.63, 3.8) is 0 Å². The van der Waals surface area contributed by atoms with Crippen LogP contribution in [0.15, 0.2) is 28.9 Å². The minimum atomic E-state index is 0.0318. The summed E-state index contributed by atoms with van der Waals surface area (Å²) in [5.41, 5.74) is 2.68. The summed E-state index contributed by atoms with van der Waals surface area (Å²) in [5.74, 6) is 0. The number of benzene rings is 1. The van der Waals surface area contributed by atoms with E-state index in [1.807, 2.05) is 18.2 Å². The minimum Gasteiger partial charge on any atom is -0.464 e. The maximum absolute atomic E-state index is 8.96. The second kappa shape index (κ2) is 3.13. The predicted octanol–water partition coefficient (Wildman–Crippen LogP) is 3.60. The lowest BCUT2D eigenvalue weighted by Gasteiger charge is -2.19. The molecule has 2 rings (SSSR count). The molecule has 0 aliphatic heterocycles. The van der Waals surface area contributed by atoms with Gasteiger partial charge in [0.15, 0.2) is 0 Å². The molecule has 15 heavy (non-hydrogen) atoms. The van der Waals surface area contributed by atoms with Gasteiger partial charge in [0.05, 0.1) is 17.9 Å². The molecule has 0 bridgehead atoms. The molecule has 0 radical (unpaired) electrons. The molecule has 0 saturated heterocycles. The molecule has 1 aromatic heterocycles. The average Bonchev–Trinajstić information content (AvgIpc) is 2.62. The third kappa shape index (κ3) is 1.50. The monoisotopic (exact) mass is 199 g/mol. The summed E-state index contributed by atoms with van der Waals surface area (Å²) in [6, 6.07) is 7.86. The lowest BCUT2D eigenvalue weighted by Crippen LogP contribution is -2.11. The molecule has 2 heteroatoms. The first-order chi connectivity index (χ1) is 7.04. The summed E-state index contributed by atoms with van der Waals surface area (Å²) in [4.78, 5) is 0. The molecule has 0 atom stereocenters. The van der Waals surface area contributed by atoms with Crippen LogP contribution in [0.3, 0.4) is 0 Å². The van der Waals surface area contributed by atoms with E-state index in [4.69, 9.17) is 9.68 Å². The summed E-state index contributed by atoms with van der Waals surface area (Å²) in [6.45, 7) is 6.41. The summed E-state index contributed by atoms with van der Waals surface area (Å²) >= 11 is 0. The van der Waals surface area contributed by atoms with Crippen LogP contribution in [-0.4, -0.2) is 0 Å². The van der Waals surface area contributed by atoms with Crippen molar-refractivity contribution >= 4 is 11.0 Å². The van der Waals surface area contributed by atoms with E-state index in [1.165, 1.54) is 0 Å². The van der Waals surface area contributed by atoms with Crippen LogP contribution in [0.2, 0.25) is 0 Å². The van der Waals surface area contributed by atoms with Crippen molar-refractivity contribution in [2.45, 2.75) is 26.2 Å². The zero-order chi connectivity index (χ0) is 11.1. The Morgan fingerprint density at radius 2 is 1.93 bits per heavy atom. The van der Waals surface area contributed by atoms with Crippen LogP contribution in [0.25, 0.3) is 11.0 Å². The summed E-state index contributed by atoms with van der Waals surface area (Å²) in [6.07, 6.45) is 1.64. The molecule has 2 nitrogen and oxygen atoms in total. The van der Waals surface area contributed by atoms with Crippen LogP contribution in [0.1, 0.15) is 31.9 Å². The van der Waals surface area contributed by atoms with E-state index in [1.54, 1.807) is 6.26 Å². The Hall–Kier alpha value is -1.75. The lowest BCUT2D eigenvalue weighted by atomic mass is 9.85. The first-order valence-electron chi connectivity index (χ1n) is 4.95. The number of rotatable bonds is 0. The van der Waals surface area contributed by atoms with Crippen molar-refractivity contribution in [2.24, 2.45) is 0 Å². The predicted molar refractivity (Wildman–Crippen MR) is 59.6 cm³/mol. The number of nitrogens with zero attached hydrogens (tertiary/aromatic N) is 1. The second-order valence-electron chi connectivity index (χ2n) is 4.69. The largest absolute Gasteiger partial charge is 0.464 e. The van der Waals surface area contributed by atoms with Crippen molar-refractivity contribution in [2.75, 3.05) is 0 Å². The van der Waals surface area contributed by atoms with E-state index in [-0.39, 0.29) is 5.41 Å². The molecule has 0 spiro atoms. The fourth-order valence-corrected chi connectivity index (χ4v) is 1.75. The van der Waals surface area contributed by atoms with Crippen LogP contribution < -0.4 is 0 Å². The normalized spacial score (nSPS) is 11.6. The highest BCUT2D eigenvalue weighted by Crippen LogP contribution is 2.32. The average molecular weight is 199 g/mol. The van der Waals surface area contributed by atoms with E-state index >= 15 is 0 Å². The van der Waals surface area contributed by atoms with E-state index < -0.39 is 0 Å². The fraction of sp³-hybridized carbons (Fsp3) is 0.308. The van der Waals surface area contributed by atoms with Gasteiger partial charge in [0.25, 0.3) is 0 Å². The highest BCUT2D eigenvalue weighted by atomic mass is 16.3. The number of hydrogen-bond donors (Lipinski definition) is 0. The van der Waals surface area contributed by atoms with Crippen LogP contribution in [0, 0.1) is 11.3 Å². The van der Waals surface area contributed by atoms with Gasteiger partial charge in [-0.1, -0.05) is 26.8 Å². The minimum absolute atomic E-state index is 0.0318. The Bertz CT molecular complexity index is 538. The van der Waals surface area contributed by atoms with Gasteiger partial charge in [-0.15, -0.1) is 0 Å². The van der Waals surface area contributed by atoms with Crippen molar-refractivity contribution < 1.29 is 4.42 Å². The van der Waals surface area contributed by atoms with Crippen LogP contribution in [0.5, 0.6) is 0 Å². The molecule has 0 saturated carbocycles. The zero-order valence-corrected chi connectivity index (χ0v) is 9.16. The zero-order valence-electron chi connectivity index (χ0n) is 9.16. The highest BCUT2D eigenvalue weighted by Gasteiger charge is 2.19. The Balaban J connectivity index is 2.82. The summed E-state index contributed by atoms with van der Waals surface area (Å²) < 4.78 is 5.47. The van der Waals surface area contributed by atoms with Gasteiger partial charge in [0.1, 0.15) is 5.58 Å². The summed E-state index contributed by atoms with van der Waals surface area (Å²) in [5, 5.41) is 9.86. The molecule has 2 aromatic rings. The maximum atomic E-state index is 8.96. The third-order valence-electron chi connectivity index (χ3n) is 2.55. The molecule has 0 aliphatic rings. The molecular weight excluding hydrogens is 186 g/mol. The van der Waals surface area contributed by atoms with Crippen molar-refractivity contribution in [3.8, 4) is 6.07 Å². The molecule has 0 amide bonds. The molecule has 0 unspecified atom stereocenters. The van der Waals surface area contributed by atoms with Gasteiger partial charge in [0.2, 0.25) is 0 Å². The number of furan rings is 1. The standard InChI is InChI=1S/C13H13NO/c1-13(2,3)11-5-4-9(8-14)10-6-7-15-12(10)11/h4-7H,1-3H3. The third-order valence-corrected chi connectivity index (χ3v) is 2.55. The van der Waals surface area contributed by atoms with Gasteiger partial charge in [-0.05, 0) is 17.5 Å². The van der Waals surface area contributed by atoms with Crippen LogP contribution >= 0.6 is 0 Å². The maximum Gasteiger partial charge on any atom is 0.138 e. The Labute approximate surface area is 89.1 Å². The Kier molecular flexibility index (Phi) is 2.04. The molecule has 0 aliphatic carbocycles. The molecular formula is C13H13NO. The smallest absolute Gasteiger partial charge is 0.138 e. The first-order valence-corrected chi connectivity index (χ1v) is 4.95. The van der Waals surface area contributed by atoms with Gasteiger partial charge < -0.3 is 4.42 Å². The highest BCUT2D eigenvalue weighted by molar-refractivity contribution is 5.86. The van der Waals surface area contributed by atoms with Crippen molar-refractivity contribution in [1.82, 2.24) is 0 Å². The molecule has 0 N–H and O–H groups in total. The van der Waals surface area contributed by atoms with Crippen LogP contribution in [0.4, 0.5) is 0 Å². The van der Waals surface area contributed by atoms with E-state index in [9.17, 15) is 0 Å². The summed E-state index contributed by atoms with van der Waals surface area (Å²) in [7, 11) is 0. The van der Waals surface area contributed by atoms with Gasteiger partial charge >= 0.3 is 0 Å². The van der Waals surface area contributed by atoms with Crippen LogP contribution in [-0.2, 0) is 5.41 Å². The second-order valence-corrected chi connectivity index (χ2v) is 4.69. The lowest BCUT2D eigenvalue weighted by molar-refractivity contribution is 0.559. The number of nitriles is 1. The van der Waals surface area contributed by atoms with Crippen molar-refractivity contribution in [3.05, 3.63) is 35.6 Å². The van der Waals surface area contributed by atoms with Gasteiger partial charge in [0, 0.05) is 10.9 Å². The topological polar surface area (TPSA) is 36.9 Å². The fourth-order valence-electron chi connectivity index (χ4n) is 1.75. The number of fused-ring (bicyclic) bond motifs is 1. The SMILES string of the molecule is CC(C)(C)c1ccc(C#N)c2ccoc12. The number of hydrogen-bond acceptors (Lipinski definition) is 2. The van der Waals surface area contributed by atoms with Gasteiger partial charge in [-0.2, -0.15) is 5.26 Å². The van der Waals surface area contributed by atoms with E-state index in [2.05, 4.69) is 26.8 Å². The van der Waals surface area contributed by atoms with Gasteiger partial charge in [-0.25, -0.2) is 0 Å². The van der Waals surface area contributed by atoms with Crippen molar-refractivity contribution in [1.29, 1.82) is 5.26 Å².